The minimum atomic E-state index is 0.126. The van der Waals surface area contributed by atoms with Crippen molar-refractivity contribution < 1.29 is 9.27 Å². The van der Waals surface area contributed by atoms with E-state index >= 15 is 0 Å². The van der Waals surface area contributed by atoms with Gasteiger partial charge in [-0.1, -0.05) is 4.17 Å². The van der Waals surface area contributed by atoms with E-state index in [9.17, 15) is 4.91 Å². The predicted molar refractivity (Wildman–Crippen MR) is 38.8 cm³/mol. The average molecular weight is 155 g/mol. The van der Waals surface area contributed by atoms with E-state index in [4.69, 9.17) is 5.11 Å². The second-order valence-electron chi connectivity index (χ2n) is 1.77. The molecule has 10 heavy (non-hydrogen) atoms. The summed E-state index contributed by atoms with van der Waals surface area (Å²) in [6.45, 7) is 0. The Balaban J connectivity index is 3.00. The number of benzene rings is 1. The van der Waals surface area contributed by atoms with Crippen LogP contribution in [0.3, 0.4) is 0 Å². The first kappa shape index (κ1) is 6.95. The lowest BCUT2D eigenvalue weighted by Gasteiger charge is -1.92. The van der Waals surface area contributed by atoms with E-state index in [2.05, 4.69) is 12.8 Å². The summed E-state index contributed by atoms with van der Waals surface area (Å²) in [4.78, 5) is 10.4. The van der Waals surface area contributed by atoms with Crippen molar-refractivity contribution >= 4 is 18.5 Å². The molecule has 52 valence electrons. The molecule has 0 spiro atoms. The summed E-state index contributed by atoms with van der Waals surface area (Å²) in [7, 11) is 0. The Hall–Kier alpha value is -1.16. The molecule has 3 nitrogen and oxygen atoms in total. The van der Waals surface area contributed by atoms with E-state index in [0.717, 1.165) is 0 Å². The van der Waals surface area contributed by atoms with E-state index in [-0.39, 0.29) is 5.75 Å². The van der Waals surface area contributed by atoms with E-state index in [0.29, 0.717) is 9.85 Å². The standard InChI is InChI=1S/C6H5NO2S/c8-6-3-1-5(2-4-6)7(9)10/h1-4,8H. The molecule has 0 heterocycles. The first-order valence-corrected chi connectivity index (χ1v) is 3.00. The Morgan fingerprint density at radius 1 is 1.30 bits per heavy atom. The summed E-state index contributed by atoms with van der Waals surface area (Å²) in [6, 6.07) is 5.73. The van der Waals surface area contributed by atoms with Gasteiger partial charge in [0.1, 0.15) is 5.75 Å². The van der Waals surface area contributed by atoms with Gasteiger partial charge in [0.25, 0.3) is 0 Å². The Morgan fingerprint density at radius 2 is 1.80 bits per heavy atom. The van der Waals surface area contributed by atoms with Crippen LogP contribution in [0.1, 0.15) is 0 Å². The van der Waals surface area contributed by atoms with Crippen molar-refractivity contribution in [3.8, 4) is 5.75 Å². The maximum atomic E-state index is 10.4. The summed E-state index contributed by atoms with van der Waals surface area (Å²) >= 11 is 4.28. The monoisotopic (exact) mass is 155 g/mol. The van der Waals surface area contributed by atoms with E-state index in [1.165, 1.54) is 24.3 Å². The highest BCUT2D eigenvalue weighted by Gasteiger charge is 1.98. The first-order chi connectivity index (χ1) is 4.70. The lowest BCUT2D eigenvalue weighted by molar-refractivity contribution is -0.262. The summed E-state index contributed by atoms with van der Waals surface area (Å²) in [5, 5.41) is 8.78. The van der Waals surface area contributed by atoms with Gasteiger partial charge in [-0.05, 0) is 12.1 Å². The molecule has 0 saturated carbocycles. The van der Waals surface area contributed by atoms with Gasteiger partial charge in [-0.15, -0.1) is 0 Å². The van der Waals surface area contributed by atoms with Crippen molar-refractivity contribution in [3.63, 3.8) is 0 Å². The van der Waals surface area contributed by atoms with Gasteiger partial charge < -0.3 is 17.9 Å². The molecule has 0 aliphatic heterocycles. The van der Waals surface area contributed by atoms with Gasteiger partial charge in [-0.2, -0.15) is 0 Å². The molecular weight excluding hydrogens is 150 g/mol. The number of nitrogens with zero attached hydrogens (tertiary/aromatic N) is 1. The average Bonchev–Trinajstić information content (AvgIpc) is 1.88. The fourth-order valence-corrected chi connectivity index (χ4v) is 0.696. The lowest BCUT2D eigenvalue weighted by atomic mass is 10.3. The molecule has 0 bridgehead atoms. The number of hydrogen-bond acceptors (Lipinski definition) is 3. The highest BCUT2D eigenvalue weighted by Crippen LogP contribution is 2.14. The molecule has 0 fully saturated rings. The third-order valence-corrected chi connectivity index (χ3v) is 1.27. The Kier molecular flexibility index (Phi) is 1.82. The molecular formula is C6H5NO2S. The molecule has 4 heteroatoms. The molecule has 0 aromatic heterocycles. The second-order valence-corrected chi connectivity index (χ2v) is 2.11. The minimum Gasteiger partial charge on any atom is -0.508 e. The van der Waals surface area contributed by atoms with Crippen LogP contribution in [-0.4, -0.2) is 9.27 Å². The van der Waals surface area contributed by atoms with Gasteiger partial charge in [0.15, 0.2) is 0 Å². The van der Waals surface area contributed by atoms with Crippen LogP contribution in [0.15, 0.2) is 24.3 Å². The van der Waals surface area contributed by atoms with Crippen LogP contribution in [0.4, 0.5) is 5.69 Å². The Morgan fingerprint density at radius 3 is 2.20 bits per heavy atom. The molecule has 0 amide bonds. The van der Waals surface area contributed by atoms with Crippen LogP contribution in [0.5, 0.6) is 5.75 Å². The van der Waals surface area contributed by atoms with Gasteiger partial charge in [0, 0.05) is 17.0 Å². The highest BCUT2D eigenvalue weighted by molar-refractivity contribution is 7.51. The topological polar surface area (TPSA) is 40.3 Å². The Bertz CT molecular complexity index is 244. The zero-order valence-corrected chi connectivity index (χ0v) is 5.84. The number of hydrogen-bond donors (Lipinski definition) is 1. The molecule has 0 saturated heterocycles. The molecule has 0 aliphatic rings. The van der Waals surface area contributed by atoms with Gasteiger partial charge in [0.05, 0.1) is 0 Å². The molecule has 0 aliphatic carbocycles. The molecule has 1 N–H and O–H groups in total. The van der Waals surface area contributed by atoms with Gasteiger partial charge >= 0.3 is 0 Å². The van der Waals surface area contributed by atoms with Crippen LogP contribution in [0.25, 0.3) is 0 Å². The first-order valence-electron chi connectivity index (χ1n) is 2.63. The number of nitroso groups, excluding NO2 is 1. The van der Waals surface area contributed by atoms with Gasteiger partial charge in [-0.3, -0.25) is 0 Å². The number of phenols is 1. The third kappa shape index (κ3) is 1.41. The van der Waals surface area contributed by atoms with Crippen molar-refractivity contribution in [1.29, 1.82) is 0 Å². The quantitative estimate of drug-likeness (QED) is 0.490. The third-order valence-electron chi connectivity index (χ3n) is 1.06. The summed E-state index contributed by atoms with van der Waals surface area (Å²) in [5.41, 5.74) is 0.354. The van der Waals surface area contributed by atoms with E-state index in [1.54, 1.807) is 0 Å². The highest BCUT2D eigenvalue weighted by atomic mass is 32.1. The van der Waals surface area contributed by atoms with E-state index < -0.39 is 0 Å². The molecule has 1 aromatic rings. The van der Waals surface area contributed by atoms with Crippen LogP contribution in [-0.2, 0) is 12.8 Å². The van der Waals surface area contributed by atoms with E-state index in [1.807, 2.05) is 0 Å². The normalized spacial score (nSPS) is 9.20. The Labute approximate surface area is 63.4 Å². The van der Waals surface area contributed by atoms with Crippen molar-refractivity contribution in [2.75, 3.05) is 0 Å². The van der Waals surface area contributed by atoms with Crippen molar-refractivity contribution in [3.05, 3.63) is 29.2 Å². The summed E-state index contributed by atoms with van der Waals surface area (Å²) < 4.78 is 0.319. The van der Waals surface area contributed by atoms with Crippen molar-refractivity contribution in [2.24, 2.45) is 0 Å². The van der Waals surface area contributed by atoms with Gasteiger partial charge in [0.2, 0.25) is 5.69 Å². The minimum absolute atomic E-state index is 0.126. The lowest BCUT2D eigenvalue weighted by Crippen LogP contribution is -1.85. The molecule has 0 unspecified atom stereocenters. The van der Waals surface area contributed by atoms with Gasteiger partial charge in [-0.25, -0.2) is 0 Å². The summed E-state index contributed by atoms with van der Waals surface area (Å²) in [5.74, 6) is 0.126. The number of phenolic OH excluding ortho intramolecular Hbond substituents is 1. The summed E-state index contributed by atoms with van der Waals surface area (Å²) in [6.07, 6.45) is 0. The maximum Gasteiger partial charge on any atom is 0.238 e. The maximum absolute atomic E-state index is 10.4. The molecule has 1 aromatic carbocycles. The van der Waals surface area contributed by atoms with Crippen LogP contribution < -0.4 is 0 Å². The second kappa shape index (κ2) is 2.62. The largest absolute Gasteiger partial charge is 0.508 e. The fourth-order valence-electron chi connectivity index (χ4n) is 0.574. The predicted octanol–water partition coefficient (Wildman–Crippen LogP) is 1.26. The zero-order chi connectivity index (χ0) is 7.56. The number of aromatic hydroxyl groups is 1. The molecule has 1 rings (SSSR count). The fraction of sp³-hybridized carbons (Fsp3) is 0. The van der Waals surface area contributed by atoms with Crippen LogP contribution >= 0.6 is 0 Å². The zero-order valence-electron chi connectivity index (χ0n) is 5.02. The van der Waals surface area contributed by atoms with Crippen molar-refractivity contribution in [2.45, 2.75) is 0 Å². The van der Waals surface area contributed by atoms with Crippen molar-refractivity contribution in [1.82, 2.24) is 0 Å². The smallest absolute Gasteiger partial charge is 0.238 e. The SMILES string of the molecule is O=[N+]([S-])c1ccc(O)cc1. The van der Waals surface area contributed by atoms with Crippen LogP contribution in [0.2, 0.25) is 0 Å². The molecule has 0 atom stereocenters. The molecule has 0 radical (unpaired) electrons. The van der Waals surface area contributed by atoms with Crippen LogP contribution in [0, 0.1) is 4.91 Å². The number of rotatable bonds is 1.